The van der Waals surface area contributed by atoms with Crippen molar-refractivity contribution in [2.24, 2.45) is 0 Å². The molecule has 0 aromatic heterocycles. The Kier molecular flexibility index (Phi) is 5.17. The molecule has 0 aliphatic heterocycles. The molecule has 4 heteroatoms. The molecule has 0 fully saturated rings. The fourth-order valence-electron chi connectivity index (χ4n) is 0.885. The van der Waals surface area contributed by atoms with Gasteiger partial charge in [0, 0.05) is 21.0 Å². The lowest BCUT2D eigenvalue weighted by molar-refractivity contribution is 0.322. The van der Waals surface area contributed by atoms with Crippen LogP contribution in [0.2, 0.25) is 5.02 Å². The highest BCUT2D eigenvalue weighted by atomic mass is 79.9. The van der Waals surface area contributed by atoms with Crippen molar-refractivity contribution in [3.05, 3.63) is 33.3 Å². The first-order chi connectivity index (χ1) is 6.24. The second kappa shape index (κ2) is 5.91. The molecule has 1 N–H and O–H groups in total. The van der Waals surface area contributed by atoms with Crippen LogP contribution in [0.4, 0.5) is 0 Å². The maximum Gasteiger partial charge on any atom is 0.0521 e. The number of aliphatic hydroxyl groups is 1. The quantitative estimate of drug-likeness (QED) is 0.854. The van der Waals surface area contributed by atoms with Gasteiger partial charge in [0.05, 0.1) is 6.61 Å². The molecule has 13 heavy (non-hydrogen) atoms. The zero-order valence-electron chi connectivity index (χ0n) is 6.96. The van der Waals surface area contributed by atoms with E-state index in [-0.39, 0.29) is 6.61 Å². The minimum Gasteiger partial charge on any atom is -0.396 e. The summed E-state index contributed by atoms with van der Waals surface area (Å²) in [5, 5.41) is 9.37. The Morgan fingerprint density at radius 3 is 2.85 bits per heavy atom. The van der Waals surface area contributed by atoms with Crippen molar-refractivity contribution >= 4 is 39.3 Å². The first-order valence-corrected chi connectivity index (χ1v) is 6.19. The summed E-state index contributed by atoms with van der Waals surface area (Å²) < 4.78 is 0.994. The summed E-state index contributed by atoms with van der Waals surface area (Å²) >= 11 is 11.0. The second-order valence-corrected chi connectivity index (χ2v) is 4.94. The fourth-order valence-corrected chi connectivity index (χ4v) is 2.45. The van der Waals surface area contributed by atoms with Crippen molar-refractivity contribution in [3.63, 3.8) is 0 Å². The first-order valence-electron chi connectivity index (χ1n) is 3.86. The molecular formula is C9H10BrClOS. The number of hydrogen-bond donors (Lipinski definition) is 1. The molecule has 1 aromatic carbocycles. The minimum atomic E-state index is 0.221. The van der Waals surface area contributed by atoms with Crippen LogP contribution in [0.15, 0.2) is 22.7 Å². The molecule has 1 aromatic rings. The van der Waals surface area contributed by atoms with Gasteiger partial charge in [-0.25, -0.2) is 0 Å². The van der Waals surface area contributed by atoms with Crippen LogP contribution in [0, 0.1) is 0 Å². The SMILES string of the molecule is OCCSCc1ccc(Br)cc1Cl. The number of benzene rings is 1. The summed E-state index contributed by atoms with van der Waals surface area (Å²) in [6, 6.07) is 5.86. The average molecular weight is 282 g/mol. The molecule has 0 saturated heterocycles. The summed E-state index contributed by atoms with van der Waals surface area (Å²) in [5.41, 5.74) is 1.11. The smallest absolute Gasteiger partial charge is 0.0521 e. The first kappa shape index (κ1) is 11.4. The van der Waals surface area contributed by atoms with Gasteiger partial charge in [-0.15, -0.1) is 0 Å². The van der Waals surface area contributed by atoms with E-state index in [1.807, 2.05) is 18.2 Å². The Morgan fingerprint density at radius 1 is 1.46 bits per heavy atom. The molecular weight excluding hydrogens is 272 g/mol. The van der Waals surface area contributed by atoms with Gasteiger partial charge >= 0.3 is 0 Å². The molecule has 1 rings (SSSR count). The van der Waals surface area contributed by atoms with Crippen LogP contribution in [0.25, 0.3) is 0 Å². The highest BCUT2D eigenvalue weighted by molar-refractivity contribution is 9.10. The van der Waals surface area contributed by atoms with Crippen LogP contribution in [0.3, 0.4) is 0 Å². The molecule has 0 radical (unpaired) electrons. The second-order valence-electron chi connectivity index (χ2n) is 2.51. The lowest BCUT2D eigenvalue weighted by Gasteiger charge is -2.03. The van der Waals surface area contributed by atoms with E-state index in [2.05, 4.69) is 15.9 Å². The minimum absolute atomic E-state index is 0.221. The third-order valence-electron chi connectivity index (χ3n) is 1.51. The van der Waals surface area contributed by atoms with E-state index in [4.69, 9.17) is 16.7 Å². The number of hydrogen-bond acceptors (Lipinski definition) is 2. The zero-order chi connectivity index (χ0) is 9.68. The van der Waals surface area contributed by atoms with Gasteiger partial charge in [-0.2, -0.15) is 11.8 Å². The molecule has 1 nitrogen and oxygen atoms in total. The molecule has 72 valence electrons. The van der Waals surface area contributed by atoms with E-state index in [1.54, 1.807) is 11.8 Å². The standard InChI is InChI=1S/C9H10BrClOS/c10-8-2-1-7(9(11)5-8)6-13-4-3-12/h1-2,5,12H,3-4,6H2. The van der Waals surface area contributed by atoms with E-state index >= 15 is 0 Å². The lowest BCUT2D eigenvalue weighted by Crippen LogP contribution is -1.88. The third kappa shape index (κ3) is 3.90. The predicted molar refractivity (Wildman–Crippen MR) is 62.4 cm³/mol. The molecule has 0 aliphatic carbocycles. The van der Waals surface area contributed by atoms with Crippen molar-refractivity contribution < 1.29 is 5.11 Å². The normalized spacial score (nSPS) is 10.4. The van der Waals surface area contributed by atoms with Gasteiger partial charge in [-0.1, -0.05) is 33.6 Å². The van der Waals surface area contributed by atoms with Crippen LogP contribution in [0.1, 0.15) is 5.56 Å². The number of rotatable bonds is 4. The third-order valence-corrected chi connectivity index (χ3v) is 3.34. The van der Waals surface area contributed by atoms with Gasteiger partial charge in [-0.05, 0) is 17.7 Å². The maximum absolute atomic E-state index is 8.60. The molecule has 0 saturated carbocycles. The van der Waals surface area contributed by atoms with Crippen LogP contribution < -0.4 is 0 Å². The molecule has 0 amide bonds. The summed E-state index contributed by atoms with van der Waals surface area (Å²) in [7, 11) is 0. The molecule has 0 bridgehead atoms. The van der Waals surface area contributed by atoms with Crippen molar-refractivity contribution in [1.82, 2.24) is 0 Å². The molecule has 0 aliphatic rings. The zero-order valence-corrected chi connectivity index (χ0v) is 10.1. The Labute approximate surface area is 95.6 Å². The lowest BCUT2D eigenvalue weighted by atomic mass is 10.2. The van der Waals surface area contributed by atoms with Gasteiger partial charge in [0.25, 0.3) is 0 Å². The van der Waals surface area contributed by atoms with Crippen molar-refractivity contribution in [1.29, 1.82) is 0 Å². The number of thioether (sulfide) groups is 1. The Bertz CT molecular complexity index is 280. The van der Waals surface area contributed by atoms with E-state index in [0.717, 1.165) is 26.6 Å². The summed E-state index contributed by atoms with van der Waals surface area (Å²) in [6.45, 7) is 0.221. The largest absolute Gasteiger partial charge is 0.396 e. The van der Waals surface area contributed by atoms with Crippen molar-refractivity contribution in [3.8, 4) is 0 Å². The van der Waals surface area contributed by atoms with Crippen LogP contribution in [-0.2, 0) is 5.75 Å². The van der Waals surface area contributed by atoms with Crippen LogP contribution in [0.5, 0.6) is 0 Å². The molecule has 0 spiro atoms. The van der Waals surface area contributed by atoms with E-state index in [9.17, 15) is 0 Å². The topological polar surface area (TPSA) is 20.2 Å². The fraction of sp³-hybridized carbons (Fsp3) is 0.333. The summed E-state index contributed by atoms with van der Waals surface area (Å²) in [6.07, 6.45) is 0. The summed E-state index contributed by atoms with van der Waals surface area (Å²) in [4.78, 5) is 0. The van der Waals surface area contributed by atoms with Crippen molar-refractivity contribution in [2.75, 3.05) is 12.4 Å². The van der Waals surface area contributed by atoms with Gasteiger partial charge in [0.15, 0.2) is 0 Å². The van der Waals surface area contributed by atoms with E-state index in [0.29, 0.717) is 0 Å². The van der Waals surface area contributed by atoms with E-state index < -0.39 is 0 Å². The number of aliphatic hydroxyl groups excluding tert-OH is 1. The highest BCUT2D eigenvalue weighted by Crippen LogP contribution is 2.24. The van der Waals surface area contributed by atoms with Crippen LogP contribution in [-0.4, -0.2) is 17.5 Å². The predicted octanol–water partition coefficient (Wildman–Crippen LogP) is 3.33. The Hall–Kier alpha value is 0.300. The maximum atomic E-state index is 8.60. The van der Waals surface area contributed by atoms with E-state index in [1.165, 1.54) is 0 Å². The van der Waals surface area contributed by atoms with Gasteiger partial charge in [0.2, 0.25) is 0 Å². The Morgan fingerprint density at radius 2 is 2.23 bits per heavy atom. The van der Waals surface area contributed by atoms with Crippen LogP contribution >= 0.6 is 39.3 Å². The Balaban J connectivity index is 2.56. The van der Waals surface area contributed by atoms with Crippen molar-refractivity contribution in [2.45, 2.75) is 5.75 Å². The van der Waals surface area contributed by atoms with Gasteiger partial charge in [-0.3, -0.25) is 0 Å². The molecule has 0 atom stereocenters. The molecule has 0 unspecified atom stereocenters. The monoisotopic (exact) mass is 280 g/mol. The summed E-state index contributed by atoms with van der Waals surface area (Å²) in [5.74, 6) is 1.61. The van der Waals surface area contributed by atoms with Gasteiger partial charge in [0.1, 0.15) is 0 Å². The van der Waals surface area contributed by atoms with Gasteiger partial charge < -0.3 is 5.11 Å². The number of halogens is 2. The molecule has 0 heterocycles. The average Bonchev–Trinajstić information content (AvgIpc) is 2.09. The highest BCUT2D eigenvalue weighted by Gasteiger charge is 2.00.